The fourth-order valence-corrected chi connectivity index (χ4v) is 6.30. The van der Waals surface area contributed by atoms with Gasteiger partial charge < -0.3 is 10.2 Å². The first kappa shape index (κ1) is 24.7. The lowest BCUT2D eigenvalue weighted by Gasteiger charge is -2.30. The van der Waals surface area contributed by atoms with E-state index in [1.54, 1.807) is 0 Å². The van der Waals surface area contributed by atoms with Crippen LogP contribution in [0.15, 0.2) is 42.5 Å². The Morgan fingerprint density at radius 2 is 1.92 bits per heavy atom. The number of carbonyl (C=O) groups excluding carboxylic acids is 2. The lowest BCUT2D eigenvalue weighted by Crippen LogP contribution is -2.39. The van der Waals surface area contributed by atoms with Crippen LogP contribution in [0.2, 0.25) is 0 Å². The monoisotopic (exact) mass is 502 g/mol. The number of rotatable bonds is 6. The van der Waals surface area contributed by atoms with Crippen LogP contribution in [0, 0.1) is 13.8 Å². The summed E-state index contributed by atoms with van der Waals surface area (Å²) >= 11 is 1.51. The summed E-state index contributed by atoms with van der Waals surface area (Å²) in [6.45, 7) is 5.11. The number of nitrogens with one attached hydrogen (secondary N) is 1. The topological polar surface area (TPSA) is 65.5 Å². The van der Waals surface area contributed by atoms with Crippen molar-refractivity contribution < 1.29 is 9.59 Å². The first-order valence-electron chi connectivity index (χ1n) is 12.9. The number of likely N-dealkylation sites (N-methyl/N-ethyl adjacent to an activating group) is 1. The highest BCUT2D eigenvalue weighted by atomic mass is 32.1. The van der Waals surface area contributed by atoms with Gasteiger partial charge in [0, 0.05) is 34.3 Å². The van der Waals surface area contributed by atoms with Crippen LogP contribution in [-0.4, -0.2) is 47.9 Å². The third kappa shape index (κ3) is 5.22. The molecule has 0 spiro atoms. The number of carbonyl (C=O) groups is 2. The van der Waals surface area contributed by atoms with Crippen molar-refractivity contribution in [2.45, 2.75) is 58.4 Å². The summed E-state index contributed by atoms with van der Waals surface area (Å²) < 4.78 is 0. The van der Waals surface area contributed by atoms with E-state index >= 15 is 0 Å². The number of hydrogen-bond donors (Lipinski definition) is 1. The molecule has 5 rings (SSSR count). The van der Waals surface area contributed by atoms with Gasteiger partial charge in [0.25, 0.3) is 5.91 Å². The summed E-state index contributed by atoms with van der Waals surface area (Å²) in [6.07, 6.45) is 6.99. The second-order valence-electron chi connectivity index (χ2n) is 10.1. The summed E-state index contributed by atoms with van der Waals surface area (Å²) in [6, 6.07) is 14.5. The number of nitrogens with zero attached hydrogens (tertiary/aromatic N) is 3. The summed E-state index contributed by atoms with van der Waals surface area (Å²) in [5, 5.41) is 3.65. The molecule has 0 saturated heterocycles. The van der Waals surface area contributed by atoms with E-state index in [-0.39, 0.29) is 11.8 Å². The van der Waals surface area contributed by atoms with E-state index in [9.17, 15) is 9.59 Å². The lowest BCUT2D eigenvalue weighted by atomic mass is 9.94. The molecule has 1 aromatic heterocycles. The largest absolute Gasteiger partial charge is 0.308 e. The van der Waals surface area contributed by atoms with Gasteiger partial charge in [-0.05, 0) is 70.0 Å². The van der Waals surface area contributed by atoms with E-state index in [0.29, 0.717) is 24.3 Å². The third-order valence-corrected chi connectivity index (χ3v) is 8.28. The van der Waals surface area contributed by atoms with Gasteiger partial charge in [0.2, 0.25) is 5.91 Å². The molecule has 0 unspecified atom stereocenters. The zero-order valence-corrected chi connectivity index (χ0v) is 22.2. The second kappa shape index (κ2) is 10.5. The Morgan fingerprint density at radius 3 is 2.69 bits per heavy atom. The van der Waals surface area contributed by atoms with Gasteiger partial charge in [-0.25, -0.2) is 4.98 Å². The minimum atomic E-state index is -0.0115. The Hall–Kier alpha value is -3.03. The Labute approximate surface area is 217 Å². The van der Waals surface area contributed by atoms with Crippen molar-refractivity contribution in [2.24, 2.45) is 0 Å². The maximum Gasteiger partial charge on any atom is 0.258 e. The minimum absolute atomic E-state index is 0.0115. The van der Waals surface area contributed by atoms with Crippen LogP contribution in [-0.2, 0) is 11.2 Å². The molecular weight excluding hydrogens is 468 g/mol. The second-order valence-corrected chi connectivity index (χ2v) is 11.3. The Balaban J connectivity index is 1.27. The van der Waals surface area contributed by atoms with Crippen LogP contribution >= 0.6 is 11.3 Å². The average Bonchev–Trinajstić information content (AvgIpc) is 3.46. The first-order valence-corrected chi connectivity index (χ1v) is 13.7. The third-order valence-electron chi connectivity index (χ3n) is 7.39. The number of benzene rings is 2. The van der Waals surface area contributed by atoms with Crippen LogP contribution in [0.4, 0.5) is 10.8 Å². The maximum absolute atomic E-state index is 13.1. The van der Waals surface area contributed by atoms with Crippen molar-refractivity contribution >= 4 is 34.0 Å². The first-order chi connectivity index (χ1) is 17.4. The number of aromatic nitrogens is 1. The molecule has 1 N–H and O–H groups in total. The number of amides is 2. The molecular formula is C29H34N4O2S. The van der Waals surface area contributed by atoms with Crippen molar-refractivity contribution in [3.8, 4) is 11.3 Å². The Kier molecular flexibility index (Phi) is 7.21. The highest BCUT2D eigenvalue weighted by Gasteiger charge is 2.27. The van der Waals surface area contributed by atoms with E-state index in [1.807, 2.05) is 62.2 Å². The summed E-state index contributed by atoms with van der Waals surface area (Å²) in [7, 11) is 2.05. The fraction of sp³-hybridized carbons (Fsp3) is 0.414. The molecule has 36 heavy (non-hydrogen) atoms. The number of hydrogen-bond acceptors (Lipinski definition) is 5. The zero-order chi connectivity index (χ0) is 25.2. The SMILES string of the molecule is Cc1cccc(C(=O)N2CCc3cc(-c4nc(NC(=O)CN(C)C5CCCCC5)sc4C)ccc32)c1. The number of thiazole rings is 1. The van der Waals surface area contributed by atoms with Gasteiger partial charge in [0.15, 0.2) is 5.13 Å². The van der Waals surface area contributed by atoms with Crippen molar-refractivity contribution in [3.05, 3.63) is 64.0 Å². The lowest BCUT2D eigenvalue weighted by molar-refractivity contribution is -0.117. The number of anilines is 2. The van der Waals surface area contributed by atoms with Gasteiger partial charge in [-0.2, -0.15) is 0 Å². The van der Waals surface area contributed by atoms with Gasteiger partial charge in [-0.15, -0.1) is 11.3 Å². The smallest absolute Gasteiger partial charge is 0.258 e. The van der Waals surface area contributed by atoms with Crippen molar-refractivity contribution in [1.82, 2.24) is 9.88 Å². The molecule has 6 nitrogen and oxygen atoms in total. The van der Waals surface area contributed by atoms with Gasteiger partial charge in [-0.1, -0.05) is 43.0 Å². The van der Waals surface area contributed by atoms with Crippen LogP contribution in [0.1, 0.15) is 58.5 Å². The number of fused-ring (bicyclic) bond motifs is 1. The summed E-state index contributed by atoms with van der Waals surface area (Å²) in [5.74, 6) is 0.0286. The summed E-state index contributed by atoms with van der Waals surface area (Å²) in [5.41, 5.74) is 5.84. The van der Waals surface area contributed by atoms with Crippen LogP contribution in [0.3, 0.4) is 0 Å². The van der Waals surface area contributed by atoms with Crippen molar-refractivity contribution in [2.75, 3.05) is 30.4 Å². The van der Waals surface area contributed by atoms with Crippen LogP contribution < -0.4 is 10.2 Å². The molecule has 0 bridgehead atoms. The van der Waals surface area contributed by atoms with Crippen molar-refractivity contribution in [1.29, 1.82) is 0 Å². The molecule has 0 atom stereocenters. The molecule has 188 valence electrons. The molecule has 2 amide bonds. The Bertz CT molecular complexity index is 1280. The molecule has 1 saturated carbocycles. The Morgan fingerprint density at radius 1 is 1.11 bits per heavy atom. The van der Waals surface area contributed by atoms with Gasteiger partial charge >= 0.3 is 0 Å². The van der Waals surface area contributed by atoms with E-state index < -0.39 is 0 Å². The van der Waals surface area contributed by atoms with Crippen molar-refractivity contribution in [3.63, 3.8) is 0 Å². The van der Waals surface area contributed by atoms with E-state index in [4.69, 9.17) is 4.98 Å². The standard InChI is InChI=1S/C29H34N4O2S/c1-19-8-7-9-23(16-19)28(35)33-15-14-21-17-22(12-13-25(21)33)27-20(2)36-29(31-27)30-26(34)18-32(3)24-10-5-4-6-11-24/h7-9,12-13,16-17,24H,4-6,10-11,14-15,18H2,1-3H3,(H,30,31,34). The summed E-state index contributed by atoms with van der Waals surface area (Å²) in [4.78, 5) is 35.7. The quantitative estimate of drug-likeness (QED) is 0.460. The molecule has 2 aliphatic rings. The van der Waals surface area contributed by atoms with E-state index in [2.05, 4.69) is 16.3 Å². The van der Waals surface area contributed by atoms with Gasteiger partial charge in [0.1, 0.15) is 0 Å². The molecule has 3 aromatic rings. The van der Waals surface area contributed by atoms with E-state index in [0.717, 1.165) is 44.9 Å². The minimum Gasteiger partial charge on any atom is -0.308 e. The molecule has 1 aliphatic carbocycles. The highest BCUT2D eigenvalue weighted by molar-refractivity contribution is 7.16. The normalized spacial score (nSPS) is 15.8. The molecule has 7 heteroatoms. The van der Waals surface area contributed by atoms with Crippen LogP contribution in [0.25, 0.3) is 11.3 Å². The molecule has 2 aromatic carbocycles. The predicted octanol–water partition coefficient (Wildman–Crippen LogP) is 5.83. The molecule has 2 heterocycles. The molecule has 1 fully saturated rings. The van der Waals surface area contributed by atoms with E-state index in [1.165, 1.54) is 43.4 Å². The maximum atomic E-state index is 13.1. The highest BCUT2D eigenvalue weighted by Crippen LogP contribution is 2.36. The molecule has 1 aliphatic heterocycles. The number of aryl methyl sites for hydroxylation is 2. The van der Waals surface area contributed by atoms with Crippen LogP contribution in [0.5, 0.6) is 0 Å². The fourth-order valence-electron chi connectivity index (χ4n) is 5.45. The predicted molar refractivity (Wildman–Crippen MR) is 147 cm³/mol. The van der Waals surface area contributed by atoms with Gasteiger partial charge in [-0.3, -0.25) is 14.5 Å². The average molecular weight is 503 g/mol. The molecule has 0 radical (unpaired) electrons. The zero-order valence-electron chi connectivity index (χ0n) is 21.3. The van der Waals surface area contributed by atoms with Gasteiger partial charge in [0.05, 0.1) is 12.2 Å².